The normalized spacial score (nSPS) is 13.7. The van der Waals surface area contributed by atoms with E-state index in [0.29, 0.717) is 0 Å². The van der Waals surface area contributed by atoms with Crippen molar-refractivity contribution in [1.29, 1.82) is 0 Å². The minimum Gasteiger partial charge on any atom is -0.467 e. The summed E-state index contributed by atoms with van der Waals surface area (Å²) < 4.78 is 4.52. The second kappa shape index (κ2) is 4.28. The predicted octanol–water partition coefficient (Wildman–Crippen LogP) is 1.26. The van der Waals surface area contributed by atoms with Gasteiger partial charge in [0.2, 0.25) is 0 Å². The van der Waals surface area contributed by atoms with Gasteiger partial charge in [-0.25, -0.2) is 9.78 Å². The first kappa shape index (κ1) is 12.1. The zero-order valence-corrected chi connectivity index (χ0v) is 10.1. The Kier molecular flexibility index (Phi) is 3.46. The van der Waals surface area contributed by atoms with Crippen LogP contribution >= 0.6 is 11.3 Å². The minimum atomic E-state index is -1.16. The number of ether oxygens (including phenoxy) is 1. The highest BCUT2D eigenvalue weighted by Crippen LogP contribution is 2.31. The van der Waals surface area contributed by atoms with Gasteiger partial charge in [-0.3, -0.25) is 0 Å². The van der Waals surface area contributed by atoms with E-state index in [1.54, 1.807) is 20.0 Å². The number of hydrogen-bond donors (Lipinski definition) is 1. The van der Waals surface area contributed by atoms with Gasteiger partial charge in [0.15, 0.2) is 6.10 Å². The molecule has 84 valence electrons. The summed E-state index contributed by atoms with van der Waals surface area (Å²) in [4.78, 5) is 16.2. The number of carbonyl (C=O) groups is 1. The number of thiazole rings is 1. The number of hydrogen-bond acceptors (Lipinski definition) is 5. The molecule has 1 atom stereocenters. The SMILES string of the molecule is COC(=O)C(O)C(C)(C)c1cnc(C)s1. The molecule has 1 N–H and O–H groups in total. The highest BCUT2D eigenvalue weighted by Gasteiger charge is 2.37. The summed E-state index contributed by atoms with van der Waals surface area (Å²) in [7, 11) is 1.26. The van der Waals surface area contributed by atoms with E-state index >= 15 is 0 Å². The molecule has 1 aromatic heterocycles. The van der Waals surface area contributed by atoms with Crippen molar-refractivity contribution in [1.82, 2.24) is 4.98 Å². The molecule has 0 saturated carbocycles. The van der Waals surface area contributed by atoms with Crippen molar-refractivity contribution in [3.05, 3.63) is 16.1 Å². The maximum atomic E-state index is 11.3. The molecule has 1 unspecified atom stereocenters. The molecular formula is C10H15NO3S. The number of methoxy groups -OCH3 is 1. The first-order chi connectivity index (χ1) is 6.89. The number of rotatable bonds is 3. The van der Waals surface area contributed by atoms with Gasteiger partial charge in [0, 0.05) is 16.5 Å². The Hall–Kier alpha value is -0.940. The average molecular weight is 229 g/mol. The molecule has 0 aliphatic carbocycles. The van der Waals surface area contributed by atoms with E-state index in [4.69, 9.17) is 0 Å². The molecule has 5 heteroatoms. The van der Waals surface area contributed by atoms with Gasteiger partial charge >= 0.3 is 5.97 Å². The number of aliphatic hydroxyl groups is 1. The van der Waals surface area contributed by atoms with Crippen LogP contribution < -0.4 is 0 Å². The zero-order valence-electron chi connectivity index (χ0n) is 9.27. The van der Waals surface area contributed by atoms with Gasteiger partial charge in [0.25, 0.3) is 0 Å². The molecule has 15 heavy (non-hydrogen) atoms. The monoisotopic (exact) mass is 229 g/mol. The lowest BCUT2D eigenvalue weighted by atomic mass is 9.85. The van der Waals surface area contributed by atoms with Crippen LogP contribution in [0.3, 0.4) is 0 Å². The molecule has 1 rings (SSSR count). The number of aliphatic hydroxyl groups excluding tert-OH is 1. The van der Waals surface area contributed by atoms with Crippen LogP contribution in [0.4, 0.5) is 0 Å². The maximum absolute atomic E-state index is 11.3. The van der Waals surface area contributed by atoms with Gasteiger partial charge in [-0.15, -0.1) is 11.3 Å². The van der Waals surface area contributed by atoms with Crippen LogP contribution in [0.25, 0.3) is 0 Å². The Bertz CT molecular complexity index is 359. The first-order valence-electron chi connectivity index (χ1n) is 4.58. The van der Waals surface area contributed by atoms with Crippen molar-refractivity contribution in [3.63, 3.8) is 0 Å². The van der Waals surface area contributed by atoms with E-state index in [1.807, 2.05) is 6.92 Å². The van der Waals surface area contributed by atoms with Gasteiger partial charge in [-0.1, -0.05) is 13.8 Å². The maximum Gasteiger partial charge on any atom is 0.335 e. The largest absolute Gasteiger partial charge is 0.467 e. The third-order valence-electron chi connectivity index (χ3n) is 2.36. The molecule has 0 radical (unpaired) electrons. The number of aryl methyl sites for hydroxylation is 1. The summed E-state index contributed by atoms with van der Waals surface area (Å²) in [6, 6.07) is 0. The molecule has 0 aliphatic rings. The summed E-state index contributed by atoms with van der Waals surface area (Å²) in [6.07, 6.45) is 0.522. The standard InChI is InChI=1S/C10H15NO3S/c1-6-11-5-7(15-6)10(2,3)8(12)9(13)14-4/h5,8,12H,1-4H3. The Labute approximate surface area is 92.9 Å². The third kappa shape index (κ3) is 2.35. The van der Waals surface area contributed by atoms with Crippen LogP contribution in [-0.4, -0.2) is 29.3 Å². The van der Waals surface area contributed by atoms with Gasteiger partial charge < -0.3 is 9.84 Å². The number of aromatic nitrogens is 1. The van der Waals surface area contributed by atoms with Gasteiger partial charge in [0.05, 0.1) is 12.1 Å². The lowest BCUT2D eigenvalue weighted by Crippen LogP contribution is -2.40. The van der Waals surface area contributed by atoms with Gasteiger partial charge in [-0.2, -0.15) is 0 Å². The fourth-order valence-electron chi connectivity index (χ4n) is 1.20. The van der Waals surface area contributed by atoms with E-state index in [-0.39, 0.29) is 0 Å². The molecule has 0 bridgehead atoms. The molecular weight excluding hydrogens is 214 g/mol. The number of nitrogens with zero attached hydrogens (tertiary/aromatic N) is 1. The van der Waals surface area contributed by atoms with Crippen LogP contribution in [0, 0.1) is 6.92 Å². The zero-order chi connectivity index (χ0) is 11.6. The van der Waals surface area contributed by atoms with Crippen molar-refractivity contribution in [3.8, 4) is 0 Å². The van der Waals surface area contributed by atoms with Crippen molar-refractivity contribution in [2.45, 2.75) is 32.3 Å². The van der Waals surface area contributed by atoms with Gasteiger partial charge in [0.1, 0.15) is 0 Å². The highest BCUT2D eigenvalue weighted by molar-refractivity contribution is 7.11. The summed E-state index contributed by atoms with van der Waals surface area (Å²) >= 11 is 1.47. The lowest BCUT2D eigenvalue weighted by Gasteiger charge is -2.26. The molecule has 0 amide bonds. The first-order valence-corrected chi connectivity index (χ1v) is 5.40. The topological polar surface area (TPSA) is 59.4 Å². The molecule has 0 aliphatic heterocycles. The van der Waals surface area contributed by atoms with Crippen molar-refractivity contribution in [2.24, 2.45) is 0 Å². The van der Waals surface area contributed by atoms with Crippen molar-refractivity contribution in [2.75, 3.05) is 7.11 Å². The average Bonchev–Trinajstić information content (AvgIpc) is 2.63. The number of esters is 1. The second-order valence-corrected chi connectivity index (χ2v) is 5.13. The van der Waals surface area contributed by atoms with E-state index in [2.05, 4.69) is 9.72 Å². The molecule has 4 nitrogen and oxygen atoms in total. The Morgan fingerprint density at radius 3 is 2.67 bits per heavy atom. The third-order valence-corrected chi connectivity index (χ3v) is 3.62. The molecule has 1 aromatic rings. The van der Waals surface area contributed by atoms with Crippen LogP contribution in [0.15, 0.2) is 6.20 Å². The predicted molar refractivity (Wildman–Crippen MR) is 57.9 cm³/mol. The highest BCUT2D eigenvalue weighted by atomic mass is 32.1. The van der Waals surface area contributed by atoms with Crippen LogP contribution in [0.5, 0.6) is 0 Å². The lowest BCUT2D eigenvalue weighted by molar-refractivity contribution is -0.153. The molecule has 0 fully saturated rings. The van der Waals surface area contributed by atoms with Crippen molar-refractivity contribution >= 4 is 17.3 Å². The number of carbonyl (C=O) groups excluding carboxylic acids is 1. The van der Waals surface area contributed by atoms with Gasteiger partial charge in [-0.05, 0) is 6.92 Å². The Morgan fingerprint density at radius 1 is 1.67 bits per heavy atom. The Balaban J connectivity index is 2.96. The molecule has 0 saturated heterocycles. The molecule has 0 aromatic carbocycles. The smallest absolute Gasteiger partial charge is 0.335 e. The summed E-state index contributed by atoms with van der Waals surface area (Å²) in [5.41, 5.74) is -0.668. The van der Waals surface area contributed by atoms with Crippen LogP contribution in [0.2, 0.25) is 0 Å². The van der Waals surface area contributed by atoms with E-state index in [0.717, 1.165) is 9.88 Å². The molecule has 1 heterocycles. The Morgan fingerprint density at radius 2 is 2.27 bits per heavy atom. The van der Waals surface area contributed by atoms with E-state index < -0.39 is 17.5 Å². The minimum absolute atomic E-state index is 0.619. The van der Waals surface area contributed by atoms with Crippen LogP contribution in [0.1, 0.15) is 23.7 Å². The quantitative estimate of drug-likeness (QED) is 0.793. The van der Waals surface area contributed by atoms with E-state index in [1.165, 1.54) is 18.4 Å². The summed E-state index contributed by atoms with van der Waals surface area (Å²) in [5, 5.41) is 10.7. The summed E-state index contributed by atoms with van der Waals surface area (Å²) in [5.74, 6) is -0.619. The fraction of sp³-hybridized carbons (Fsp3) is 0.600. The van der Waals surface area contributed by atoms with E-state index in [9.17, 15) is 9.90 Å². The molecule has 0 spiro atoms. The fourth-order valence-corrected chi connectivity index (χ4v) is 2.10. The van der Waals surface area contributed by atoms with Crippen molar-refractivity contribution < 1.29 is 14.6 Å². The van der Waals surface area contributed by atoms with Crippen LogP contribution in [-0.2, 0) is 14.9 Å². The second-order valence-electron chi connectivity index (χ2n) is 3.89. The summed E-state index contributed by atoms with van der Waals surface area (Å²) in [6.45, 7) is 5.47.